The van der Waals surface area contributed by atoms with E-state index in [1.165, 1.54) is 6.07 Å². The summed E-state index contributed by atoms with van der Waals surface area (Å²) in [6, 6.07) is 15.6. The number of hydrogen-bond acceptors (Lipinski definition) is 4. The van der Waals surface area contributed by atoms with Crippen LogP contribution in [0.4, 0.5) is 5.69 Å². The highest BCUT2D eigenvalue weighted by Gasteiger charge is 2.25. The molecule has 152 valence electrons. The van der Waals surface area contributed by atoms with Crippen LogP contribution in [0.2, 0.25) is 0 Å². The molecule has 1 N–H and O–H groups in total. The van der Waals surface area contributed by atoms with Gasteiger partial charge in [0.1, 0.15) is 0 Å². The molecular formula is C22H25N3O3S. The molecule has 29 heavy (non-hydrogen) atoms. The number of nitriles is 1. The minimum atomic E-state index is -3.55. The Morgan fingerprint density at radius 2 is 1.72 bits per heavy atom. The van der Waals surface area contributed by atoms with E-state index in [0.29, 0.717) is 30.8 Å². The summed E-state index contributed by atoms with van der Waals surface area (Å²) >= 11 is 0. The minimum absolute atomic E-state index is 0.182. The Morgan fingerprint density at radius 3 is 2.38 bits per heavy atom. The third-order valence-corrected chi connectivity index (χ3v) is 6.94. The van der Waals surface area contributed by atoms with Crippen molar-refractivity contribution in [2.24, 2.45) is 0 Å². The number of carbonyl (C=O) groups is 1. The van der Waals surface area contributed by atoms with E-state index < -0.39 is 10.0 Å². The summed E-state index contributed by atoms with van der Waals surface area (Å²) < 4.78 is 27.4. The number of nitrogens with zero attached hydrogens (tertiary/aromatic N) is 2. The van der Waals surface area contributed by atoms with Gasteiger partial charge in [-0.3, -0.25) is 4.79 Å². The number of carbonyl (C=O) groups excluding carboxylic acids is 1. The van der Waals surface area contributed by atoms with Gasteiger partial charge in [0.15, 0.2) is 0 Å². The van der Waals surface area contributed by atoms with Gasteiger partial charge in [0, 0.05) is 25.2 Å². The molecule has 7 heteroatoms. The lowest BCUT2D eigenvalue weighted by Gasteiger charge is -2.20. The van der Waals surface area contributed by atoms with Crippen molar-refractivity contribution in [3.05, 3.63) is 59.7 Å². The molecule has 1 amide bonds. The molecule has 0 aliphatic carbocycles. The molecule has 2 aromatic carbocycles. The van der Waals surface area contributed by atoms with E-state index in [0.717, 1.165) is 31.2 Å². The molecule has 0 spiro atoms. The van der Waals surface area contributed by atoms with Gasteiger partial charge in [0.2, 0.25) is 15.9 Å². The smallest absolute Gasteiger partial charge is 0.243 e. The lowest BCUT2D eigenvalue weighted by Crippen LogP contribution is -2.32. The molecule has 1 aliphatic rings. The first-order valence-electron chi connectivity index (χ1n) is 9.88. The quantitative estimate of drug-likeness (QED) is 0.785. The molecule has 1 aliphatic heterocycles. The van der Waals surface area contributed by atoms with Crippen LogP contribution in [0.15, 0.2) is 53.4 Å². The van der Waals surface area contributed by atoms with E-state index >= 15 is 0 Å². The van der Waals surface area contributed by atoms with E-state index in [4.69, 9.17) is 5.26 Å². The minimum Gasteiger partial charge on any atom is -0.326 e. The Hall–Kier alpha value is -2.69. The van der Waals surface area contributed by atoms with Gasteiger partial charge in [0.25, 0.3) is 0 Å². The Bertz CT molecular complexity index is 987. The molecule has 2 aromatic rings. The third-order valence-electron chi connectivity index (χ3n) is 5.04. The van der Waals surface area contributed by atoms with E-state index in [1.54, 1.807) is 34.6 Å². The largest absolute Gasteiger partial charge is 0.326 e. The monoisotopic (exact) mass is 411 g/mol. The van der Waals surface area contributed by atoms with Crippen molar-refractivity contribution < 1.29 is 13.2 Å². The Balaban J connectivity index is 1.62. The maximum absolute atomic E-state index is 12.9. The van der Waals surface area contributed by atoms with Gasteiger partial charge in [-0.05, 0) is 55.2 Å². The van der Waals surface area contributed by atoms with Crippen LogP contribution in [-0.4, -0.2) is 31.7 Å². The van der Waals surface area contributed by atoms with Crippen LogP contribution in [0.5, 0.6) is 0 Å². The van der Waals surface area contributed by atoms with Gasteiger partial charge in [-0.15, -0.1) is 0 Å². The van der Waals surface area contributed by atoms with Crippen LogP contribution in [0.3, 0.4) is 0 Å². The summed E-state index contributed by atoms with van der Waals surface area (Å²) in [5.74, 6) is -0.182. The van der Waals surface area contributed by atoms with Gasteiger partial charge in [-0.25, -0.2) is 8.42 Å². The Morgan fingerprint density at radius 1 is 1.03 bits per heavy atom. The fourth-order valence-corrected chi connectivity index (χ4v) is 4.96. The number of nitrogens with one attached hydrogen (secondary N) is 1. The summed E-state index contributed by atoms with van der Waals surface area (Å²) in [7, 11) is -3.55. The highest BCUT2D eigenvalue weighted by atomic mass is 32.2. The number of anilines is 1. The first kappa shape index (κ1) is 21.0. The molecular weight excluding hydrogens is 386 g/mol. The Kier molecular flexibility index (Phi) is 7.02. The molecule has 0 aromatic heterocycles. The number of amides is 1. The van der Waals surface area contributed by atoms with Gasteiger partial charge in [-0.1, -0.05) is 31.0 Å². The molecule has 1 heterocycles. The topological polar surface area (TPSA) is 90.3 Å². The van der Waals surface area contributed by atoms with E-state index in [2.05, 4.69) is 11.4 Å². The number of hydrogen-bond donors (Lipinski definition) is 1. The standard InChI is InChI=1S/C22H25N3O3S/c23-17-19-10-8-18(9-11-19)12-13-22(26)24-20-6-5-7-21(16-20)29(27,28)25-14-3-1-2-4-15-25/h5-11,16H,1-4,12-15H2,(H,24,26). The van der Waals surface area contributed by atoms with E-state index in [1.807, 2.05) is 12.1 Å². The van der Waals surface area contributed by atoms with Crippen molar-refractivity contribution in [2.45, 2.75) is 43.4 Å². The summed E-state index contributed by atoms with van der Waals surface area (Å²) in [4.78, 5) is 12.5. The molecule has 3 rings (SSSR count). The van der Waals surface area contributed by atoms with Crippen molar-refractivity contribution in [1.82, 2.24) is 4.31 Å². The van der Waals surface area contributed by atoms with Crippen LogP contribution in [0.1, 0.15) is 43.2 Å². The predicted octanol–water partition coefficient (Wildman–Crippen LogP) is 3.69. The zero-order valence-electron chi connectivity index (χ0n) is 16.3. The summed E-state index contributed by atoms with van der Waals surface area (Å²) in [5, 5.41) is 11.6. The third kappa shape index (κ3) is 5.66. The lowest BCUT2D eigenvalue weighted by molar-refractivity contribution is -0.116. The summed E-state index contributed by atoms with van der Waals surface area (Å²) in [6.45, 7) is 1.09. The first-order valence-corrected chi connectivity index (χ1v) is 11.3. The van der Waals surface area contributed by atoms with Crippen LogP contribution in [-0.2, 0) is 21.2 Å². The molecule has 1 fully saturated rings. The van der Waals surface area contributed by atoms with Crippen molar-refractivity contribution in [3.63, 3.8) is 0 Å². The van der Waals surface area contributed by atoms with Crippen LogP contribution < -0.4 is 5.32 Å². The highest BCUT2D eigenvalue weighted by Crippen LogP contribution is 2.23. The molecule has 0 saturated carbocycles. The molecule has 1 saturated heterocycles. The van der Waals surface area contributed by atoms with Crippen LogP contribution in [0, 0.1) is 11.3 Å². The van der Waals surface area contributed by atoms with Crippen LogP contribution >= 0.6 is 0 Å². The molecule has 0 unspecified atom stereocenters. The van der Waals surface area contributed by atoms with Crippen molar-refractivity contribution >= 4 is 21.6 Å². The SMILES string of the molecule is N#Cc1ccc(CCC(=O)Nc2cccc(S(=O)(=O)N3CCCCCC3)c2)cc1. The average molecular weight is 412 g/mol. The van der Waals surface area contributed by atoms with Crippen molar-refractivity contribution in [1.29, 1.82) is 5.26 Å². The fourth-order valence-electron chi connectivity index (χ4n) is 3.39. The predicted molar refractivity (Wildman–Crippen MR) is 112 cm³/mol. The molecule has 0 radical (unpaired) electrons. The normalized spacial score (nSPS) is 15.3. The van der Waals surface area contributed by atoms with Gasteiger partial charge >= 0.3 is 0 Å². The maximum Gasteiger partial charge on any atom is 0.243 e. The lowest BCUT2D eigenvalue weighted by atomic mass is 10.1. The van der Waals surface area contributed by atoms with Gasteiger partial charge < -0.3 is 5.32 Å². The van der Waals surface area contributed by atoms with Crippen LogP contribution in [0.25, 0.3) is 0 Å². The first-order chi connectivity index (χ1) is 14.0. The fraction of sp³-hybridized carbons (Fsp3) is 0.364. The molecule has 0 atom stereocenters. The highest BCUT2D eigenvalue weighted by molar-refractivity contribution is 7.89. The van der Waals surface area contributed by atoms with E-state index in [9.17, 15) is 13.2 Å². The second kappa shape index (κ2) is 9.68. The molecule has 0 bridgehead atoms. The van der Waals surface area contributed by atoms with Gasteiger partial charge in [0.05, 0.1) is 16.5 Å². The average Bonchev–Trinajstić information content (AvgIpc) is 3.03. The zero-order valence-corrected chi connectivity index (χ0v) is 17.1. The number of sulfonamides is 1. The van der Waals surface area contributed by atoms with E-state index in [-0.39, 0.29) is 17.2 Å². The zero-order chi connectivity index (χ0) is 20.7. The number of benzene rings is 2. The van der Waals surface area contributed by atoms with Crippen molar-refractivity contribution in [3.8, 4) is 6.07 Å². The Labute approximate surface area is 172 Å². The maximum atomic E-state index is 12.9. The second-order valence-electron chi connectivity index (χ2n) is 7.20. The van der Waals surface area contributed by atoms with Crippen molar-refractivity contribution in [2.75, 3.05) is 18.4 Å². The van der Waals surface area contributed by atoms with Gasteiger partial charge in [-0.2, -0.15) is 9.57 Å². The number of aryl methyl sites for hydroxylation is 1. The number of rotatable bonds is 6. The summed E-state index contributed by atoms with van der Waals surface area (Å²) in [6.07, 6.45) is 4.69. The second-order valence-corrected chi connectivity index (χ2v) is 9.14. The molecule has 6 nitrogen and oxygen atoms in total. The summed E-state index contributed by atoms with van der Waals surface area (Å²) in [5.41, 5.74) is 2.03.